The van der Waals surface area contributed by atoms with E-state index in [2.05, 4.69) is 31.5 Å². The highest BCUT2D eigenvalue weighted by Crippen LogP contribution is 2.34. The van der Waals surface area contributed by atoms with Crippen molar-refractivity contribution in [2.75, 3.05) is 10.6 Å². The van der Waals surface area contributed by atoms with Gasteiger partial charge in [0, 0.05) is 35.0 Å². The highest BCUT2D eigenvalue weighted by Gasteiger charge is 2.18. The van der Waals surface area contributed by atoms with Crippen molar-refractivity contribution in [3.05, 3.63) is 74.9 Å². The third-order valence-corrected chi connectivity index (χ3v) is 4.23. The minimum absolute atomic E-state index is 0.0712. The predicted molar refractivity (Wildman–Crippen MR) is 108 cm³/mol. The zero-order valence-electron chi connectivity index (χ0n) is 14.9. The van der Waals surface area contributed by atoms with Crippen molar-refractivity contribution in [2.24, 2.45) is 0 Å². The van der Waals surface area contributed by atoms with Crippen LogP contribution in [0.4, 0.5) is 31.7 Å². The normalized spacial score (nSPS) is 10.5. The smallest absolute Gasteiger partial charge is 0.312 e. The lowest BCUT2D eigenvalue weighted by Crippen LogP contribution is -2.07. The lowest BCUT2D eigenvalue weighted by atomic mass is 10.0. The van der Waals surface area contributed by atoms with Gasteiger partial charge in [-0.3, -0.25) is 14.9 Å². The van der Waals surface area contributed by atoms with E-state index in [1.165, 1.54) is 43.5 Å². The molecule has 0 aliphatic rings. The molecule has 148 valence electrons. The molecule has 0 aliphatic carbocycles. The third kappa shape index (κ3) is 4.72. The van der Waals surface area contributed by atoms with Gasteiger partial charge in [0.15, 0.2) is 0 Å². The number of nitro groups is 1. The minimum atomic E-state index is -0.788. The molecule has 1 heterocycles. The van der Waals surface area contributed by atoms with Crippen LogP contribution in [0, 0.1) is 21.7 Å². The van der Waals surface area contributed by atoms with Crippen LogP contribution in [0.2, 0.25) is 0 Å². The number of hydrogen-bond acceptors (Lipinski definition) is 5. The van der Waals surface area contributed by atoms with Gasteiger partial charge in [-0.1, -0.05) is 6.07 Å². The number of nitrogens with zero attached hydrogens (tertiary/aromatic N) is 2. The van der Waals surface area contributed by atoms with Crippen LogP contribution in [0.1, 0.15) is 6.92 Å². The number of amides is 1. The Balaban J connectivity index is 2.12. The topological polar surface area (TPSA) is 97.2 Å². The highest BCUT2D eigenvalue weighted by atomic mass is 79.9. The summed E-state index contributed by atoms with van der Waals surface area (Å²) in [5, 5.41) is 16.6. The molecule has 3 rings (SSSR count). The summed E-state index contributed by atoms with van der Waals surface area (Å²) in [4.78, 5) is 26.1. The summed E-state index contributed by atoms with van der Waals surface area (Å²) in [5.41, 5.74) is 0.0322. The van der Waals surface area contributed by atoms with Crippen LogP contribution in [-0.4, -0.2) is 15.8 Å². The quantitative estimate of drug-likeness (QED) is 0.390. The molecule has 0 bridgehead atoms. The number of halogens is 3. The Hall–Kier alpha value is -3.40. The van der Waals surface area contributed by atoms with Gasteiger partial charge in [0.05, 0.1) is 10.5 Å². The molecule has 2 aromatic carbocycles. The van der Waals surface area contributed by atoms with Gasteiger partial charge in [-0.25, -0.2) is 13.8 Å². The predicted octanol–water partition coefficient (Wildman–Crippen LogP) is 5.40. The second kappa shape index (κ2) is 8.31. The molecule has 0 spiro atoms. The van der Waals surface area contributed by atoms with E-state index in [0.717, 1.165) is 12.1 Å². The SMILES string of the molecule is CC(=O)Nc1cc(Nc2ncc(Br)cc2[N+](=O)[O-])cc(-c2c(F)cccc2F)c1. The maximum Gasteiger partial charge on any atom is 0.312 e. The zero-order valence-corrected chi connectivity index (χ0v) is 16.5. The summed E-state index contributed by atoms with van der Waals surface area (Å²) in [6.07, 6.45) is 1.37. The molecule has 0 unspecified atom stereocenters. The fourth-order valence-corrected chi connectivity index (χ4v) is 3.01. The maximum atomic E-state index is 14.2. The van der Waals surface area contributed by atoms with Crippen molar-refractivity contribution < 1.29 is 18.5 Å². The van der Waals surface area contributed by atoms with E-state index >= 15 is 0 Å². The fourth-order valence-electron chi connectivity index (χ4n) is 2.69. The van der Waals surface area contributed by atoms with Crippen LogP contribution in [0.5, 0.6) is 0 Å². The van der Waals surface area contributed by atoms with Gasteiger partial charge in [0.2, 0.25) is 11.7 Å². The van der Waals surface area contributed by atoms with E-state index < -0.39 is 22.5 Å². The van der Waals surface area contributed by atoms with Crippen LogP contribution >= 0.6 is 15.9 Å². The molecule has 1 amide bonds. The van der Waals surface area contributed by atoms with Crippen LogP contribution in [-0.2, 0) is 4.79 Å². The fraction of sp³-hybridized carbons (Fsp3) is 0.0526. The van der Waals surface area contributed by atoms with Gasteiger partial charge in [-0.15, -0.1) is 0 Å². The molecule has 0 saturated heterocycles. The third-order valence-electron chi connectivity index (χ3n) is 3.80. The monoisotopic (exact) mass is 462 g/mol. The Labute approximate surface area is 172 Å². The molecule has 10 heteroatoms. The van der Waals surface area contributed by atoms with Gasteiger partial charge in [0.25, 0.3) is 0 Å². The molecular formula is C19H13BrF2N4O3. The van der Waals surface area contributed by atoms with Crippen molar-refractivity contribution in [2.45, 2.75) is 6.92 Å². The van der Waals surface area contributed by atoms with E-state index in [0.29, 0.717) is 4.47 Å². The lowest BCUT2D eigenvalue weighted by Gasteiger charge is -2.13. The Bertz CT molecular complexity index is 1100. The molecule has 0 radical (unpaired) electrons. The summed E-state index contributed by atoms with van der Waals surface area (Å²) in [5.74, 6) is -2.04. The average molecular weight is 463 g/mol. The average Bonchev–Trinajstić information content (AvgIpc) is 2.62. The molecule has 1 aromatic heterocycles. The number of hydrogen-bond donors (Lipinski definition) is 2. The first-order chi connectivity index (χ1) is 13.7. The number of pyridine rings is 1. The van der Waals surface area contributed by atoms with Gasteiger partial charge < -0.3 is 10.6 Å². The summed E-state index contributed by atoms with van der Waals surface area (Å²) < 4.78 is 28.9. The molecule has 29 heavy (non-hydrogen) atoms. The van der Waals surface area contributed by atoms with Gasteiger partial charge in [-0.2, -0.15) is 0 Å². The first-order valence-corrected chi connectivity index (χ1v) is 8.98. The second-order valence-corrected chi connectivity index (χ2v) is 6.90. The van der Waals surface area contributed by atoms with E-state index in [1.807, 2.05) is 0 Å². The summed E-state index contributed by atoms with van der Waals surface area (Å²) >= 11 is 3.12. The number of rotatable bonds is 5. The van der Waals surface area contributed by atoms with E-state index in [4.69, 9.17) is 0 Å². The highest BCUT2D eigenvalue weighted by molar-refractivity contribution is 9.10. The van der Waals surface area contributed by atoms with Gasteiger partial charge in [-0.05, 0) is 51.8 Å². The van der Waals surface area contributed by atoms with E-state index in [-0.39, 0.29) is 34.0 Å². The molecule has 2 N–H and O–H groups in total. The Morgan fingerprint density at radius 1 is 1.14 bits per heavy atom. The Kier molecular flexibility index (Phi) is 5.83. The largest absolute Gasteiger partial charge is 0.334 e. The number of anilines is 3. The number of benzene rings is 2. The maximum absolute atomic E-state index is 14.2. The first kappa shape index (κ1) is 20.3. The lowest BCUT2D eigenvalue weighted by molar-refractivity contribution is -0.384. The van der Waals surface area contributed by atoms with Gasteiger partial charge in [0.1, 0.15) is 11.6 Å². The molecule has 0 saturated carbocycles. The van der Waals surface area contributed by atoms with Crippen molar-refractivity contribution >= 4 is 44.7 Å². The standard InChI is InChI=1S/C19H13BrF2N4O3/c1-10(27)24-13-5-11(18-15(21)3-2-4-16(18)22)6-14(8-13)25-19-17(26(28)29)7-12(20)9-23-19/h2-9H,1H3,(H,23,25)(H,24,27). The number of carbonyl (C=O) groups is 1. The molecule has 3 aromatic rings. The van der Waals surface area contributed by atoms with Crippen LogP contribution in [0.3, 0.4) is 0 Å². The Morgan fingerprint density at radius 2 is 1.79 bits per heavy atom. The number of carbonyl (C=O) groups excluding carboxylic acids is 1. The summed E-state index contributed by atoms with van der Waals surface area (Å²) in [7, 11) is 0. The van der Waals surface area contributed by atoms with Crippen molar-refractivity contribution in [3.8, 4) is 11.1 Å². The van der Waals surface area contributed by atoms with Crippen molar-refractivity contribution in [3.63, 3.8) is 0 Å². The van der Waals surface area contributed by atoms with Crippen molar-refractivity contribution in [1.29, 1.82) is 0 Å². The van der Waals surface area contributed by atoms with Crippen LogP contribution in [0.25, 0.3) is 11.1 Å². The summed E-state index contributed by atoms with van der Waals surface area (Å²) in [6.45, 7) is 1.28. The van der Waals surface area contributed by atoms with Crippen LogP contribution in [0.15, 0.2) is 53.1 Å². The van der Waals surface area contributed by atoms with E-state index in [1.54, 1.807) is 0 Å². The molecule has 0 aliphatic heterocycles. The zero-order chi connectivity index (χ0) is 21.1. The van der Waals surface area contributed by atoms with Crippen molar-refractivity contribution in [1.82, 2.24) is 4.98 Å². The number of nitrogens with one attached hydrogen (secondary N) is 2. The summed E-state index contributed by atoms with van der Waals surface area (Å²) in [6, 6.07) is 8.99. The number of aromatic nitrogens is 1. The second-order valence-electron chi connectivity index (χ2n) is 5.98. The Morgan fingerprint density at radius 3 is 2.41 bits per heavy atom. The first-order valence-electron chi connectivity index (χ1n) is 8.18. The van der Waals surface area contributed by atoms with Crippen LogP contribution < -0.4 is 10.6 Å². The molecule has 0 atom stereocenters. The van der Waals surface area contributed by atoms with E-state index in [9.17, 15) is 23.7 Å². The molecular weight excluding hydrogens is 450 g/mol. The van der Waals surface area contributed by atoms with Gasteiger partial charge >= 0.3 is 5.69 Å². The molecule has 7 nitrogen and oxygen atoms in total. The minimum Gasteiger partial charge on any atom is -0.334 e. The molecule has 0 fully saturated rings.